The van der Waals surface area contributed by atoms with E-state index in [4.69, 9.17) is 16.3 Å². The Morgan fingerprint density at radius 2 is 2.23 bits per heavy atom. The van der Waals surface area contributed by atoms with E-state index >= 15 is 0 Å². The van der Waals surface area contributed by atoms with Gasteiger partial charge in [0.2, 0.25) is 11.8 Å². The lowest BCUT2D eigenvalue weighted by atomic mass is 10.1. The normalized spacial score (nSPS) is 16.2. The number of pyridine rings is 1. The molecule has 0 spiro atoms. The van der Waals surface area contributed by atoms with Gasteiger partial charge in [-0.2, -0.15) is 0 Å². The van der Waals surface area contributed by atoms with Crippen molar-refractivity contribution in [2.45, 2.75) is 6.42 Å². The number of anilines is 1. The topological polar surface area (TPSA) is 71.5 Å². The van der Waals surface area contributed by atoms with Crippen LogP contribution in [0.5, 0.6) is 11.5 Å². The van der Waals surface area contributed by atoms with Gasteiger partial charge in [0.05, 0.1) is 17.1 Å². The fraction of sp³-hybridized carbons (Fsp3) is 0.211. The third kappa shape index (κ3) is 4.21. The van der Waals surface area contributed by atoms with Crippen molar-refractivity contribution >= 4 is 29.1 Å². The van der Waals surface area contributed by atoms with Crippen molar-refractivity contribution < 1.29 is 14.3 Å². The van der Waals surface area contributed by atoms with Crippen molar-refractivity contribution in [2.75, 3.05) is 18.4 Å². The zero-order valence-corrected chi connectivity index (χ0v) is 14.8. The van der Waals surface area contributed by atoms with E-state index in [1.54, 1.807) is 47.6 Å². The van der Waals surface area contributed by atoms with Gasteiger partial charge in [-0.15, -0.1) is 0 Å². The SMILES string of the molecule is C=CC(=O)N1CC[C@@H](C(=O)Nc2ccc(Oc3cccnc3)c(Cl)c2)C1. The van der Waals surface area contributed by atoms with Crippen LogP contribution in [-0.2, 0) is 9.59 Å². The highest BCUT2D eigenvalue weighted by atomic mass is 35.5. The molecule has 2 amide bonds. The van der Waals surface area contributed by atoms with Gasteiger partial charge < -0.3 is 15.0 Å². The first-order valence-electron chi connectivity index (χ1n) is 8.16. The molecule has 26 heavy (non-hydrogen) atoms. The Balaban J connectivity index is 1.62. The summed E-state index contributed by atoms with van der Waals surface area (Å²) in [5.74, 6) is 0.510. The number of likely N-dealkylation sites (tertiary alicyclic amines) is 1. The van der Waals surface area contributed by atoms with E-state index < -0.39 is 0 Å². The molecule has 1 fully saturated rings. The third-order valence-electron chi connectivity index (χ3n) is 4.11. The molecular weight excluding hydrogens is 354 g/mol. The highest BCUT2D eigenvalue weighted by Gasteiger charge is 2.30. The fourth-order valence-corrected chi connectivity index (χ4v) is 2.96. The molecule has 2 aromatic rings. The number of nitrogens with zero attached hydrogens (tertiary/aromatic N) is 2. The summed E-state index contributed by atoms with van der Waals surface area (Å²) in [6.07, 6.45) is 5.13. The zero-order valence-electron chi connectivity index (χ0n) is 14.0. The number of benzene rings is 1. The van der Waals surface area contributed by atoms with Gasteiger partial charge in [0.15, 0.2) is 0 Å². The van der Waals surface area contributed by atoms with Crippen molar-refractivity contribution in [2.24, 2.45) is 5.92 Å². The van der Waals surface area contributed by atoms with Crippen LogP contribution in [-0.4, -0.2) is 34.8 Å². The summed E-state index contributed by atoms with van der Waals surface area (Å²) in [6.45, 7) is 4.42. The number of rotatable bonds is 5. The molecule has 7 heteroatoms. The van der Waals surface area contributed by atoms with Crippen molar-refractivity contribution in [1.29, 1.82) is 0 Å². The summed E-state index contributed by atoms with van der Waals surface area (Å²) in [6, 6.07) is 8.58. The second kappa shape index (κ2) is 8.01. The standard InChI is InChI=1S/C19H18ClN3O3/c1-2-18(24)23-9-7-13(12-23)19(25)22-14-5-6-17(16(20)10-14)26-15-4-3-8-21-11-15/h2-6,8,10-11,13H,1,7,9,12H2,(H,22,25)/t13-/m1/s1. The molecule has 1 N–H and O–H groups in total. The third-order valence-corrected chi connectivity index (χ3v) is 4.40. The molecular formula is C19H18ClN3O3. The van der Waals surface area contributed by atoms with Gasteiger partial charge in [0.25, 0.3) is 0 Å². The highest BCUT2D eigenvalue weighted by molar-refractivity contribution is 6.32. The van der Waals surface area contributed by atoms with Crippen LogP contribution in [0.4, 0.5) is 5.69 Å². The van der Waals surface area contributed by atoms with E-state index in [9.17, 15) is 9.59 Å². The van der Waals surface area contributed by atoms with Gasteiger partial charge in [0.1, 0.15) is 11.5 Å². The summed E-state index contributed by atoms with van der Waals surface area (Å²) < 4.78 is 5.66. The first-order valence-corrected chi connectivity index (χ1v) is 8.54. The van der Waals surface area contributed by atoms with E-state index in [1.165, 1.54) is 6.08 Å². The van der Waals surface area contributed by atoms with E-state index in [1.807, 2.05) is 0 Å². The van der Waals surface area contributed by atoms with Gasteiger partial charge in [-0.05, 0) is 42.8 Å². The average Bonchev–Trinajstić information content (AvgIpc) is 3.14. The number of halogens is 1. The van der Waals surface area contributed by atoms with Crippen LogP contribution in [0, 0.1) is 5.92 Å². The lowest BCUT2D eigenvalue weighted by Crippen LogP contribution is -2.30. The van der Waals surface area contributed by atoms with E-state index in [0.717, 1.165) is 0 Å². The summed E-state index contributed by atoms with van der Waals surface area (Å²) in [5.41, 5.74) is 0.576. The second-order valence-electron chi connectivity index (χ2n) is 5.90. The lowest BCUT2D eigenvalue weighted by molar-refractivity contribution is -0.125. The van der Waals surface area contributed by atoms with Crippen LogP contribution in [0.1, 0.15) is 6.42 Å². The summed E-state index contributed by atoms with van der Waals surface area (Å²) in [5, 5.41) is 3.21. The van der Waals surface area contributed by atoms with Crippen LogP contribution >= 0.6 is 11.6 Å². The number of hydrogen-bond donors (Lipinski definition) is 1. The monoisotopic (exact) mass is 371 g/mol. The molecule has 1 atom stereocenters. The maximum atomic E-state index is 12.4. The molecule has 3 rings (SSSR count). The molecule has 2 heterocycles. The molecule has 1 aromatic heterocycles. The maximum Gasteiger partial charge on any atom is 0.245 e. The molecule has 6 nitrogen and oxygen atoms in total. The molecule has 1 aliphatic heterocycles. The molecule has 1 saturated heterocycles. The minimum absolute atomic E-state index is 0.138. The number of hydrogen-bond acceptors (Lipinski definition) is 4. The van der Waals surface area contributed by atoms with Crippen LogP contribution in [0.25, 0.3) is 0 Å². The molecule has 1 aliphatic rings. The van der Waals surface area contributed by atoms with Crippen molar-refractivity contribution in [3.63, 3.8) is 0 Å². The van der Waals surface area contributed by atoms with Gasteiger partial charge in [-0.25, -0.2) is 0 Å². The predicted octanol–water partition coefficient (Wildman–Crippen LogP) is 3.50. The Morgan fingerprint density at radius 1 is 1.38 bits per heavy atom. The van der Waals surface area contributed by atoms with Gasteiger partial charge >= 0.3 is 0 Å². The fourth-order valence-electron chi connectivity index (χ4n) is 2.74. The Morgan fingerprint density at radius 3 is 2.92 bits per heavy atom. The van der Waals surface area contributed by atoms with Gasteiger partial charge in [-0.3, -0.25) is 14.6 Å². The Bertz CT molecular complexity index is 826. The molecule has 0 aliphatic carbocycles. The molecule has 0 radical (unpaired) electrons. The minimum Gasteiger partial charge on any atom is -0.454 e. The number of carbonyl (C=O) groups is 2. The van der Waals surface area contributed by atoms with E-state index in [2.05, 4.69) is 16.9 Å². The number of nitrogens with one attached hydrogen (secondary N) is 1. The zero-order chi connectivity index (χ0) is 18.5. The number of aromatic nitrogens is 1. The Labute approximate surface area is 156 Å². The van der Waals surface area contributed by atoms with Crippen molar-refractivity contribution in [1.82, 2.24) is 9.88 Å². The number of amides is 2. The molecule has 134 valence electrons. The van der Waals surface area contributed by atoms with Crippen LogP contribution in [0.15, 0.2) is 55.4 Å². The Hall–Kier alpha value is -2.86. The predicted molar refractivity (Wildman–Crippen MR) is 99.3 cm³/mol. The first-order chi connectivity index (χ1) is 12.6. The highest BCUT2D eigenvalue weighted by Crippen LogP contribution is 2.31. The van der Waals surface area contributed by atoms with Gasteiger partial charge in [0, 0.05) is 25.0 Å². The largest absolute Gasteiger partial charge is 0.454 e. The lowest BCUT2D eigenvalue weighted by Gasteiger charge is -2.15. The van der Waals surface area contributed by atoms with Crippen LogP contribution < -0.4 is 10.1 Å². The van der Waals surface area contributed by atoms with E-state index in [-0.39, 0.29) is 17.7 Å². The summed E-state index contributed by atoms with van der Waals surface area (Å²) in [4.78, 5) is 29.6. The summed E-state index contributed by atoms with van der Waals surface area (Å²) >= 11 is 6.25. The average molecular weight is 372 g/mol. The molecule has 0 unspecified atom stereocenters. The van der Waals surface area contributed by atoms with Crippen LogP contribution in [0.3, 0.4) is 0 Å². The molecule has 0 bridgehead atoms. The minimum atomic E-state index is -0.246. The molecule has 0 saturated carbocycles. The number of ether oxygens (including phenoxy) is 1. The van der Waals surface area contributed by atoms with E-state index in [0.29, 0.717) is 41.7 Å². The smallest absolute Gasteiger partial charge is 0.245 e. The van der Waals surface area contributed by atoms with Crippen molar-refractivity contribution in [3.8, 4) is 11.5 Å². The number of carbonyl (C=O) groups excluding carboxylic acids is 2. The molecule has 1 aromatic carbocycles. The van der Waals surface area contributed by atoms with Crippen molar-refractivity contribution in [3.05, 3.63) is 60.4 Å². The van der Waals surface area contributed by atoms with Gasteiger partial charge in [-0.1, -0.05) is 18.2 Å². The van der Waals surface area contributed by atoms with Crippen LogP contribution in [0.2, 0.25) is 5.02 Å². The quantitative estimate of drug-likeness (QED) is 0.816. The second-order valence-corrected chi connectivity index (χ2v) is 6.31. The summed E-state index contributed by atoms with van der Waals surface area (Å²) in [7, 11) is 0. The first kappa shape index (κ1) is 17.9. The Kier molecular flexibility index (Phi) is 5.53. The maximum absolute atomic E-state index is 12.4.